The van der Waals surface area contributed by atoms with Gasteiger partial charge in [0.15, 0.2) is 0 Å². The van der Waals surface area contributed by atoms with Gasteiger partial charge in [-0.1, -0.05) is 15.9 Å². The average molecular weight is 238 g/mol. The molecule has 0 unspecified atom stereocenters. The van der Waals surface area contributed by atoms with Crippen LogP contribution in [0.15, 0.2) is 22.8 Å². The van der Waals surface area contributed by atoms with E-state index in [4.69, 9.17) is 0 Å². The second-order valence-corrected chi connectivity index (χ2v) is 4.10. The molecule has 0 bridgehead atoms. The SMILES string of the molecule is Brc1cc2c3c(cnn3CCN2)c1. The molecule has 0 fully saturated rings. The van der Waals surface area contributed by atoms with Crippen LogP contribution in [0, 0.1) is 0 Å². The fourth-order valence-corrected chi connectivity index (χ4v) is 2.27. The zero-order valence-corrected chi connectivity index (χ0v) is 8.50. The quantitative estimate of drug-likeness (QED) is 0.762. The third kappa shape index (κ3) is 0.983. The number of rotatable bonds is 0. The molecule has 0 saturated carbocycles. The highest BCUT2D eigenvalue weighted by atomic mass is 79.9. The van der Waals surface area contributed by atoms with Crippen LogP contribution in [-0.2, 0) is 6.54 Å². The van der Waals surface area contributed by atoms with Gasteiger partial charge in [-0.2, -0.15) is 5.10 Å². The maximum Gasteiger partial charge on any atom is 0.0915 e. The van der Waals surface area contributed by atoms with Crippen LogP contribution in [0.25, 0.3) is 10.9 Å². The minimum absolute atomic E-state index is 0.956. The highest BCUT2D eigenvalue weighted by molar-refractivity contribution is 9.10. The monoisotopic (exact) mass is 237 g/mol. The lowest BCUT2D eigenvalue weighted by atomic mass is 10.2. The van der Waals surface area contributed by atoms with E-state index in [9.17, 15) is 0 Å². The Morgan fingerprint density at radius 2 is 2.38 bits per heavy atom. The first-order valence-electron chi connectivity index (χ1n) is 4.23. The normalized spacial score (nSPS) is 14.5. The number of nitrogens with zero attached hydrogens (tertiary/aromatic N) is 2. The third-order valence-electron chi connectivity index (χ3n) is 2.34. The van der Waals surface area contributed by atoms with Crippen LogP contribution < -0.4 is 5.32 Å². The molecule has 0 amide bonds. The molecule has 2 heterocycles. The fraction of sp³-hybridized carbons (Fsp3) is 0.222. The number of hydrogen-bond donors (Lipinski definition) is 1. The maximum absolute atomic E-state index is 4.32. The largest absolute Gasteiger partial charge is 0.381 e. The molecule has 66 valence electrons. The van der Waals surface area contributed by atoms with Crippen molar-refractivity contribution in [3.05, 3.63) is 22.8 Å². The summed E-state index contributed by atoms with van der Waals surface area (Å²) in [5.74, 6) is 0. The van der Waals surface area contributed by atoms with Gasteiger partial charge in [-0.15, -0.1) is 0 Å². The second kappa shape index (κ2) is 2.48. The molecular formula is C9H8BrN3. The van der Waals surface area contributed by atoms with E-state index in [1.54, 1.807) is 0 Å². The Balaban J connectivity index is 2.47. The van der Waals surface area contributed by atoms with E-state index in [2.05, 4.69) is 38.5 Å². The minimum atomic E-state index is 0.956. The second-order valence-electron chi connectivity index (χ2n) is 3.19. The van der Waals surface area contributed by atoms with Crippen molar-refractivity contribution in [1.82, 2.24) is 9.78 Å². The highest BCUT2D eigenvalue weighted by Crippen LogP contribution is 2.29. The standard InChI is InChI=1S/C9H8BrN3/c10-7-3-6-5-12-13-2-1-11-8(4-7)9(6)13/h3-5,11H,1-2H2. The first-order valence-corrected chi connectivity index (χ1v) is 5.03. The Kier molecular flexibility index (Phi) is 1.41. The third-order valence-corrected chi connectivity index (χ3v) is 2.80. The highest BCUT2D eigenvalue weighted by Gasteiger charge is 2.12. The predicted octanol–water partition coefficient (Wildman–Crippen LogP) is 2.22. The number of aromatic nitrogens is 2. The van der Waals surface area contributed by atoms with Crippen molar-refractivity contribution < 1.29 is 0 Å². The van der Waals surface area contributed by atoms with Crippen LogP contribution in [-0.4, -0.2) is 16.3 Å². The number of halogens is 1. The van der Waals surface area contributed by atoms with Gasteiger partial charge in [-0.05, 0) is 12.1 Å². The van der Waals surface area contributed by atoms with Gasteiger partial charge in [0.05, 0.1) is 23.9 Å². The van der Waals surface area contributed by atoms with Crippen LogP contribution in [0.4, 0.5) is 5.69 Å². The number of anilines is 1. The molecule has 13 heavy (non-hydrogen) atoms. The van der Waals surface area contributed by atoms with E-state index in [0.29, 0.717) is 0 Å². The van der Waals surface area contributed by atoms with Crippen molar-refractivity contribution >= 4 is 32.5 Å². The van der Waals surface area contributed by atoms with Crippen molar-refractivity contribution in [2.75, 3.05) is 11.9 Å². The molecule has 0 radical (unpaired) electrons. The van der Waals surface area contributed by atoms with Gasteiger partial charge in [-0.25, -0.2) is 0 Å². The number of nitrogens with one attached hydrogen (secondary N) is 1. The van der Waals surface area contributed by atoms with Crippen LogP contribution in [0.5, 0.6) is 0 Å². The predicted molar refractivity (Wildman–Crippen MR) is 55.9 cm³/mol. The topological polar surface area (TPSA) is 29.9 Å². The lowest BCUT2D eigenvalue weighted by molar-refractivity contribution is 0.648. The van der Waals surface area contributed by atoms with E-state index in [0.717, 1.165) is 17.6 Å². The molecule has 0 saturated heterocycles. The Labute approximate surface area is 83.9 Å². The Morgan fingerprint density at radius 3 is 3.31 bits per heavy atom. The van der Waals surface area contributed by atoms with Crippen molar-refractivity contribution in [2.24, 2.45) is 0 Å². The van der Waals surface area contributed by atoms with Gasteiger partial charge in [0, 0.05) is 16.4 Å². The van der Waals surface area contributed by atoms with Crippen LogP contribution in [0.2, 0.25) is 0 Å². The lowest BCUT2D eigenvalue weighted by Gasteiger charge is -2.16. The van der Waals surface area contributed by atoms with Gasteiger partial charge in [0.25, 0.3) is 0 Å². The van der Waals surface area contributed by atoms with Crippen LogP contribution in [0.1, 0.15) is 0 Å². The zero-order valence-electron chi connectivity index (χ0n) is 6.92. The van der Waals surface area contributed by atoms with Crippen molar-refractivity contribution in [2.45, 2.75) is 6.54 Å². The first-order chi connectivity index (χ1) is 6.34. The molecule has 1 aliphatic heterocycles. The van der Waals surface area contributed by atoms with Gasteiger partial charge in [0.1, 0.15) is 0 Å². The molecule has 0 aliphatic carbocycles. The molecule has 0 atom stereocenters. The molecule has 1 N–H and O–H groups in total. The molecule has 1 aliphatic rings. The molecular weight excluding hydrogens is 230 g/mol. The van der Waals surface area contributed by atoms with Gasteiger partial charge < -0.3 is 5.32 Å². The summed E-state index contributed by atoms with van der Waals surface area (Å²) in [5, 5.41) is 8.88. The van der Waals surface area contributed by atoms with Crippen molar-refractivity contribution in [1.29, 1.82) is 0 Å². The van der Waals surface area contributed by atoms with E-state index >= 15 is 0 Å². The lowest BCUT2D eigenvalue weighted by Crippen LogP contribution is -2.17. The number of hydrogen-bond acceptors (Lipinski definition) is 2. The maximum atomic E-state index is 4.32. The van der Waals surface area contributed by atoms with Crippen molar-refractivity contribution in [3.8, 4) is 0 Å². The summed E-state index contributed by atoms with van der Waals surface area (Å²) < 4.78 is 3.15. The summed E-state index contributed by atoms with van der Waals surface area (Å²) in [6.07, 6.45) is 1.91. The Morgan fingerprint density at radius 1 is 1.46 bits per heavy atom. The van der Waals surface area contributed by atoms with Crippen molar-refractivity contribution in [3.63, 3.8) is 0 Å². The van der Waals surface area contributed by atoms with Crippen LogP contribution in [0.3, 0.4) is 0 Å². The Hall–Kier alpha value is -1.03. The molecule has 1 aromatic heterocycles. The first kappa shape index (κ1) is 7.38. The smallest absolute Gasteiger partial charge is 0.0915 e. The van der Waals surface area contributed by atoms with E-state index in [-0.39, 0.29) is 0 Å². The molecule has 3 nitrogen and oxygen atoms in total. The fourth-order valence-electron chi connectivity index (χ4n) is 1.80. The molecule has 3 rings (SSSR count). The Bertz CT molecular complexity index is 475. The molecule has 4 heteroatoms. The van der Waals surface area contributed by atoms with Gasteiger partial charge in [0.2, 0.25) is 0 Å². The van der Waals surface area contributed by atoms with E-state index in [1.165, 1.54) is 16.6 Å². The van der Waals surface area contributed by atoms with Gasteiger partial charge in [-0.3, -0.25) is 4.68 Å². The summed E-state index contributed by atoms with van der Waals surface area (Å²) in [7, 11) is 0. The molecule has 2 aromatic rings. The molecule has 1 aromatic carbocycles. The minimum Gasteiger partial charge on any atom is -0.381 e. The van der Waals surface area contributed by atoms with E-state index < -0.39 is 0 Å². The summed E-state index contributed by atoms with van der Waals surface area (Å²) >= 11 is 3.48. The zero-order chi connectivity index (χ0) is 8.84. The summed E-state index contributed by atoms with van der Waals surface area (Å²) in [6, 6.07) is 4.19. The number of benzene rings is 1. The molecule has 0 spiro atoms. The summed E-state index contributed by atoms with van der Waals surface area (Å²) in [6.45, 7) is 1.92. The van der Waals surface area contributed by atoms with Crippen LogP contribution >= 0.6 is 15.9 Å². The summed E-state index contributed by atoms with van der Waals surface area (Å²) in [5.41, 5.74) is 2.39. The summed E-state index contributed by atoms with van der Waals surface area (Å²) in [4.78, 5) is 0. The van der Waals surface area contributed by atoms with E-state index in [1.807, 2.05) is 10.9 Å². The average Bonchev–Trinajstić information content (AvgIpc) is 2.50. The van der Waals surface area contributed by atoms with Gasteiger partial charge >= 0.3 is 0 Å².